The molecule has 0 aromatic rings. The van der Waals surface area contributed by atoms with E-state index < -0.39 is 11.7 Å². The lowest BCUT2D eigenvalue weighted by atomic mass is 10.2. The number of nitrogens with one attached hydrogen (secondary N) is 4. The standard InChI is InChI=1S/C12H24N4O4/c1-12(2,3)20-11(19)16-8-7-15-10(18)14-6-4-5-13-9-17/h9H,4-8H2,1-3H3,(H,13,17)(H,16,19)(H2,14,15,18). The molecule has 20 heavy (non-hydrogen) atoms. The number of rotatable bonds is 8. The molecule has 0 saturated heterocycles. The fourth-order valence-corrected chi connectivity index (χ4v) is 1.17. The number of ether oxygens (including phenoxy) is 1. The average molecular weight is 288 g/mol. The Bertz CT molecular complexity index is 315. The van der Waals surface area contributed by atoms with Gasteiger partial charge in [-0.25, -0.2) is 9.59 Å². The van der Waals surface area contributed by atoms with Gasteiger partial charge in [0.2, 0.25) is 6.41 Å². The number of carbonyl (C=O) groups is 3. The van der Waals surface area contributed by atoms with E-state index in [1.165, 1.54) is 0 Å². The van der Waals surface area contributed by atoms with Gasteiger partial charge >= 0.3 is 12.1 Å². The molecule has 0 unspecified atom stereocenters. The van der Waals surface area contributed by atoms with Crippen LogP contribution in [0.15, 0.2) is 0 Å². The Morgan fingerprint density at radius 3 is 2.20 bits per heavy atom. The molecule has 0 saturated carbocycles. The number of hydrogen-bond acceptors (Lipinski definition) is 4. The number of urea groups is 1. The molecular weight excluding hydrogens is 264 g/mol. The highest BCUT2D eigenvalue weighted by molar-refractivity contribution is 5.73. The summed E-state index contributed by atoms with van der Waals surface area (Å²) in [6.45, 7) is 6.90. The molecule has 8 nitrogen and oxygen atoms in total. The van der Waals surface area contributed by atoms with Crippen LogP contribution in [-0.2, 0) is 9.53 Å². The van der Waals surface area contributed by atoms with E-state index in [4.69, 9.17) is 4.74 Å². The normalized spacial score (nSPS) is 10.3. The first-order chi connectivity index (χ1) is 9.35. The first-order valence-corrected chi connectivity index (χ1v) is 6.51. The lowest BCUT2D eigenvalue weighted by molar-refractivity contribution is -0.109. The Morgan fingerprint density at radius 1 is 1.00 bits per heavy atom. The van der Waals surface area contributed by atoms with Crippen LogP contribution in [-0.4, -0.2) is 50.3 Å². The van der Waals surface area contributed by atoms with Crippen molar-refractivity contribution >= 4 is 18.5 Å². The maximum Gasteiger partial charge on any atom is 0.407 e. The third-order valence-corrected chi connectivity index (χ3v) is 1.95. The lowest BCUT2D eigenvalue weighted by Crippen LogP contribution is -2.42. The molecule has 0 aliphatic heterocycles. The van der Waals surface area contributed by atoms with Crippen molar-refractivity contribution in [1.82, 2.24) is 21.3 Å². The van der Waals surface area contributed by atoms with Gasteiger partial charge in [-0.15, -0.1) is 0 Å². The van der Waals surface area contributed by atoms with Crippen molar-refractivity contribution in [1.29, 1.82) is 0 Å². The minimum atomic E-state index is -0.537. The van der Waals surface area contributed by atoms with E-state index in [1.807, 2.05) is 0 Å². The summed E-state index contributed by atoms with van der Waals surface area (Å²) in [6.07, 6.45) is 0.754. The number of carbonyl (C=O) groups excluding carboxylic acids is 3. The minimum absolute atomic E-state index is 0.287. The van der Waals surface area contributed by atoms with E-state index >= 15 is 0 Å². The van der Waals surface area contributed by atoms with Gasteiger partial charge in [-0.2, -0.15) is 0 Å². The van der Waals surface area contributed by atoms with Crippen molar-refractivity contribution in [2.45, 2.75) is 32.8 Å². The van der Waals surface area contributed by atoms with E-state index in [9.17, 15) is 14.4 Å². The monoisotopic (exact) mass is 288 g/mol. The van der Waals surface area contributed by atoms with E-state index in [1.54, 1.807) is 20.8 Å². The summed E-state index contributed by atoms with van der Waals surface area (Å²) in [5, 5.41) is 10.2. The van der Waals surface area contributed by atoms with Crippen molar-refractivity contribution in [2.24, 2.45) is 0 Å². The van der Waals surface area contributed by atoms with Crippen molar-refractivity contribution in [2.75, 3.05) is 26.2 Å². The Balaban J connectivity index is 3.48. The largest absolute Gasteiger partial charge is 0.444 e. The molecule has 0 aliphatic rings. The molecule has 0 fully saturated rings. The van der Waals surface area contributed by atoms with Crippen LogP contribution in [0.3, 0.4) is 0 Å². The molecule has 0 aliphatic carbocycles. The maximum atomic E-state index is 11.3. The molecule has 0 bridgehead atoms. The summed E-state index contributed by atoms with van der Waals surface area (Å²) in [4.78, 5) is 32.5. The molecule has 0 aromatic heterocycles. The van der Waals surface area contributed by atoms with Crippen LogP contribution >= 0.6 is 0 Å². The summed E-state index contributed by atoms with van der Waals surface area (Å²) in [7, 11) is 0. The zero-order valence-electron chi connectivity index (χ0n) is 12.2. The van der Waals surface area contributed by atoms with Gasteiger partial charge in [0, 0.05) is 26.2 Å². The second kappa shape index (κ2) is 9.88. The number of amides is 4. The highest BCUT2D eigenvalue weighted by Gasteiger charge is 2.15. The first-order valence-electron chi connectivity index (χ1n) is 6.51. The van der Waals surface area contributed by atoms with E-state index in [-0.39, 0.29) is 12.6 Å². The van der Waals surface area contributed by atoms with Gasteiger partial charge in [0.25, 0.3) is 0 Å². The van der Waals surface area contributed by atoms with Gasteiger partial charge < -0.3 is 26.0 Å². The maximum absolute atomic E-state index is 11.3. The van der Waals surface area contributed by atoms with E-state index in [0.717, 1.165) is 0 Å². The topological polar surface area (TPSA) is 109 Å². The SMILES string of the molecule is CC(C)(C)OC(=O)NCCNC(=O)NCCCNC=O. The van der Waals surface area contributed by atoms with Crippen LogP contribution in [0, 0.1) is 0 Å². The van der Waals surface area contributed by atoms with Crippen molar-refractivity contribution in [3.63, 3.8) is 0 Å². The minimum Gasteiger partial charge on any atom is -0.444 e. The zero-order chi connectivity index (χ0) is 15.4. The fraction of sp³-hybridized carbons (Fsp3) is 0.750. The van der Waals surface area contributed by atoms with Crippen molar-refractivity contribution in [3.8, 4) is 0 Å². The quantitative estimate of drug-likeness (QED) is 0.371. The second-order valence-corrected chi connectivity index (χ2v) is 5.04. The predicted molar refractivity (Wildman–Crippen MR) is 74.3 cm³/mol. The van der Waals surface area contributed by atoms with Gasteiger partial charge in [0.15, 0.2) is 0 Å². The molecule has 0 spiro atoms. The molecular formula is C12H24N4O4. The highest BCUT2D eigenvalue weighted by Crippen LogP contribution is 2.05. The van der Waals surface area contributed by atoms with Crippen molar-refractivity contribution < 1.29 is 19.1 Å². The first kappa shape index (κ1) is 18.0. The average Bonchev–Trinajstić information content (AvgIpc) is 2.32. The molecule has 0 aromatic carbocycles. The van der Waals surface area contributed by atoms with Crippen LogP contribution < -0.4 is 21.3 Å². The molecule has 4 N–H and O–H groups in total. The third-order valence-electron chi connectivity index (χ3n) is 1.95. The van der Waals surface area contributed by atoms with E-state index in [2.05, 4.69) is 21.3 Å². The van der Waals surface area contributed by atoms with Gasteiger partial charge in [-0.3, -0.25) is 4.79 Å². The molecule has 0 heterocycles. The smallest absolute Gasteiger partial charge is 0.407 e. The molecule has 0 rings (SSSR count). The van der Waals surface area contributed by atoms with Gasteiger partial charge in [0.1, 0.15) is 5.60 Å². The van der Waals surface area contributed by atoms with Crippen LogP contribution in [0.1, 0.15) is 27.2 Å². The Hall–Kier alpha value is -1.99. The van der Waals surface area contributed by atoms with Crippen LogP contribution in [0.4, 0.5) is 9.59 Å². The Kier molecular flexibility index (Phi) is 8.89. The molecule has 116 valence electrons. The fourth-order valence-electron chi connectivity index (χ4n) is 1.17. The zero-order valence-corrected chi connectivity index (χ0v) is 12.2. The molecule has 8 heteroatoms. The molecule has 0 atom stereocenters. The molecule has 4 amide bonds. The Morgan fingerprint density at radius 2 is 1.60 bits per heavy atom. The second-order valence-electron chi connectivity index (χ2n) is 5.04. The summed E-state index contributed by atoms with van der Waals surface area (Å²) in [6, 6.07) is -0.318. The number of alkyl carbamates (subject to hydrolysis) is 1. The van der Waals surface area contributed by atoms with Gasteiger partial charge in [0.05, 0.1) is 0 Å². The summed E-state index contributed by atoms with van der Waals surface area (Å²) >= 11 is 0. The van der Waals surface area contributed by atoms with E-state index in [0.29, 0.717) is 32.5 Å². The summed E-state index contributed by atoms with van der Waals surface area (Å²) < 4.78 is 5.03. The summed E-state index contributed by atoms with van der Waals surface area (Å²) in [5.74, 6) is 0. The molecule has 0 radical (unpaired) electrons. The highest BCUT2D eigenvalue weighted by atomic mass is 16.6. The predicted octanol–water partition coefficient (Wildman–Crippen LogP) is -0.0536. The van der Waals surface area contributed by atoms with Crippen molar-refractivity contribution in [3.05, 3.63) is 0 Å². The van der Waals surface area contributed by atoms with Crippen LogP contribution in [0.2, 0.25) is 0 Å². The Labute approximate surface area is 119 Å². The van der Waals surface area contributed by atoms with Gasteiger partial charge in [-0.05, 0) is 27.2 Å². The summed E-state index contributed by atoms with van der Waals surface area (Å²) in [5.41, 5.74) is -0.537. The lowest BCUT2D eigenvalue weighted by Gasteiger charge is -2.19. The van der Waals surface area contributed by atoms with Crippen LogP contribution in [0.5, 0.6) is 0 Å². The number of hydrogen-bond donors (Lipinski definition) is 4. The van der Waals surface area contributed by atoms with Crippen LogP contribution in [0.25, 0.3) is 0 Å². The van der Waals surface area contributed by atoms with Gasteiger partial charge in [-0.1, -0.05) is 0 Å². The third kappa shape index (κ3) is 12.5.